The van der Waals surface area contributed by atoms with E-state index >= 15 is 0 Å². The minimum absolute atomic E-state index is 0.383. The lowest BCUT2D eigenvalue weighted by molar-refractivity contribution is -0.223. The Kier molecular flexibility index (Phi) is 8.20. The van der Waals surface area contributed by atoms with Gasteiger partial charge >= 0.3 is 0 Å². The summed E-state index contributed by atoms with van der Waals surface area (Å²) in [7, 11) is 0. The largest absolute Gasteiger partial charge is 0.368 e. The van der Waals surface area contributed by atoms with Gasteiger partial charge in [0.2, 0.25) is 0 Å². The van der Waals surface area contributed by atoms with Crippen LogP contribution in [0.3, 0.4) is 0 Å². The Bertz CT molecular complexity index is 1110. The summed E-state index contributed by atoms with van der Waals surface area (Å²) < 4.78 is 49.8. The fourth-order valence-electron chi connectivity index (χ4n) is 6.17. The number of benzene rings is 2. The average molecular weight is 566 g/mol. The van der Waals surface area contributed by atoms with Gasteiger partial charge < -0.3 is 37.9 Å². The van der Waals surface area contributed by atoms with Crippen molar-refractivity contribution in [3.63, 3.8) is 0 Å². The van der Waals surface area contributed by atoms with E-state index in [1.54, 1.807) is 0 Å². The molecular weight excluding hydrogens is 526 g/mol. The second kappa shape index (κ2) is 11.7. The molecular formula is C32H39NO8. The van der Waals surface area contributed by atoms with Crippen LogP contribution >= 0.6 is 0 Å². The molecule has 9 nitrogen and oxygen atoms in total. The van der Waals surface area contributed by atoms with Gasteiger partial charge in [-0.2, -0.15) is 5.26 Å². The summed E-state index contributed by atoms with van der Waals surface area (Å²) in [4.78, 5) is 0. The molecule has 41 heavy (non-hydrogen) atoms. The molecule has 4 aliphatic heterocycles. The molecule has 8 atom stereocenters. The van der Waals surface area contributed by atoms with Gasteiger partial charge in [-0.1, -0.05) is 60.7 Å². The van der Waals surface area contributed by atoms with Crippen LogP contribution in [0.2, 0.25) is 0 Å². The van der Waals surface area contributed by atoms with Gasteiger partial charge in [0.25, 0.3) is 0 Å². The van der Waals surface area contributed by atoms with E-state index in [1.165, 1.54) is 0 Å². The highest BCUT2D eigenvalue weighted by Crippen LogP contribution is 2.43. The SMILES string of the molecule is CC1(C)O[C@H]2O[C@H](CC(C#N)C[C@H]3O[C@@H]4OC(C)(C)O[C@@H]4[C@@H]3OCc3ccccc3)[C@@H](OCc3ccccc3)[C@H]2O1. The fraction of sp³-hybridized carbons (Fsp3) is 0.594. The number of fused-ring (bicyclic) bond motifs is 2. The highest BCUT2D eigenvalue weighted by atomic mass is 16.9. The lowest BCUT2D eigenvalue weighted by atomic mass is 9.91. The molecule has 2 aromatic rings. The Morgan fingerprint density at radius 3 is 1.49 bits per heavy atom. The summed E-state index contributed by atoms with van der Waals surface area (Å²) in [5, 5.41) is 10.2. The van der Waals surface area contributed by atoms with Crippen LogP contribution in [-0.4, -0.2) is 60.8 Å². The third kappa shape index (κ3) is 6.51. The molecule has 0 aliphatic carbocycles. The predicted octanol–water partition coefficient (Wildman–Crippen LogP) is 4.83. The van der Waals surface area contributed by atoms with Crippen molar-refractivity contribution in [1.29, 1.82) is 5.26 Å². The van der Waals surface area contributed by atoms with E-state index in [0.717, 1.165) is 11.1 Å². The zero-order valence-electron chi connectivity index (χ0n) is 24.0. The third-order valence-corrected chi connectivity index (χ3v) is 7.96. The van der Waals surface area contributed by atoms with Crippen molar-refractivity contribution in [2.45, 2.75) is 115 Å². The van der Waals surface area contributed by atoms with Gasteiger partial charge in [-0.25, -0.2) is 0 Å². The van der Waals surface area contributed by atoms with Crippen LogP contribution < -0.4 is 0 Å². The Balaban J connectivity index is 1.14. The first-order valence-electron chi connectivity index (χ1n) is 14.4. The van der Waals surface area contributed by atoms with Gasteiger partial charge in [-0.05, 0) is 51.7 Å². The first-order valence-corrected chi connectivity index (χ1v) is 14.4. The quantitative estimate of drug-likeness (QED) is 0.401. The molecule has 4 aliphatic rings. The molecule has 0 spiro atoms. The summed E-state index contributed by atoms with van der Waals surface area (Å²) >= 11 is 0. The number of hydrogen-bond acceptors (Lipinski definition) is 9. The summed E-state index contributed by atoms with van der Waals surface area (Å²) in [6.07, 6.45) is -2.55. The molecule has 4 heterocycles. The molecule has 6 rings (SSSR count). The van der Waals surface area contributed by atoms with E-state index in [-0.39, 0.29) is 36.6 Å². The first kappa shape index (κ1) is 28.7. The summed E-state index contributed by atoms with van der Waals surface area (Å²) in [6, 6.07) is 22.4. The van der Waals surface area contributed by atoms with Gasteiger partial charge in [0.1, 0.15) is 24.4 Å². The summed E-state index contributed by atoms with van der Waals surface area (Å²) in [6.45, 7) is 8.28. The third-order valence-electron chi connectivity index (χ3n) is 7.96. The number of rotatable bonds is 10. The molecule has 220 valence electrons. The van der Waals surface area contributed by atoms with E-state index < -0.39 is 30.1 Å². The zero-order valence-corrected chi connectivity index (χ0v) is 24.0. The van der Waals surface area contributed by atoms with Crippen LogP contribution in [-0.2, 0) is 51.1 Å². The highest BCUT2D eigenvalue weighted by molar-refractivity contribution is 5.14. The van der Waals surface area contributed by atoms with Crippen molar-refractivity contribution in [2.24, 2.45) is 5.92 Å². The van der Waals surface area contributed by atoms with Crippen LogP contribution in [0.15, 0.2) is 60.7 Å². The molecule has 0 unspecified atom stereocenters. The van der Waals surface area contributed by atoms with Gasteiger partial charge in [-0.3, -0.25) is 0 Å². The van der Waals surface area contributed by atoms with Crippen LogP contribution in [0.1, 0.15) is 51.7 Å². The van der Waals surface area contributed by atoms with Gasteiger partial charge in [0.15, 0.2) is 24.2 Å². The molecule has 0 aromatic heterocycles. The molecule has 0 saturated carbocycles. The van der Waals surface area contributed by atoms with Crippen molar-refractivity contribution in [1.82, 2.24) is 0 Å². The molecule has 9 heteroatoms. The van der Waals surface area contributed by atoms with E-state index in [9.17, 15) is 5.26 Å². The predicted molar refractivity (Wildman–Crippen MR) is 146 cm³/mol. The van der Waals surface area contributed by atoms with Crippen LogP contribution in [0.25, 0.3) is 0 Å². The topological polar surface area (TPSA) is 97.6 Å². The Labute approximate surface area is 241 Å². The Morgan fingerprint density at radius 1 is 0.683 bits per heavy atom. The Hall–Kier alpha value is -2.39. The minimum atomic E-state index is -0.768. The smallest absolute Gasteiger partial charge is 0.190 e. The molecule has 0 amide bonds. The molecule has 4 fully saturated rings. The highest BCUT2D eigenvalue weighted by Gasteiger charge is 2.57. The maximum atomic E-state index is 10.2. The number of ether oxygens (including phenoxy) is 8. The van der Waals surface area contributed by atoms with Crippen LogP contribution in [0, 0.1) is 17.2 Å². The first-order chi connectivity index (χ1) is 19.7. The van der Waals surface area contributed by atoms with Gasteiger partial charge in [-0.15, -0.1) is 0 Å². The van der Waals surface area contributed by atoms with E-state index in [4.69, 9.17) is 37.9 Å². The summed E-state index contributed by atoms with van der Waals surface area (Å²) in [5.74, 6) is -1.93. The Morgan fingerprint density at radius 2 is 1.10 bits per heavy atom. The van der Waals surface area contributed by atoms with Crippen molar-refractivity contribution in [3.05, 3.63) is 71.8 Å². The van der Waals surface area contributed by atoms with E-state index in [0.29, 0.717) is 26.1 Å². The van der Waals surface area contributed by atoms with Crippen LogP contribution in [0.4, 0.5) is 0 Å². The van der Waals surface area contributed by atoms with E-state index in [1.807, 2.05) is 88.4 Å². The van der Waals surface area contributed by atoms with Crippen LogP contribution in [0.5, 0.6) is 0 Å². The fourth-order valence-corrected chi connectivity index (χ4v) is 6.17. The monoisotopic (exact) mass is 565 g/mol. The molecule has 0 radical (unpaired) electrons. The van der Waals surface area contributed by atoms with Crippen molar-refractivity contribution >= 4 is 0 Å². The number of nitriles is 1. The summed E-state index contributed by atoms with van der Waals surface area (Å²) in [5.41, 5.74) is 2.11. The maximum absolute atomic E-state index is 10.2. The van der Waals surface area contributed by atoms with Crippen molar-refractivity contribution in [2.75, 3.05) is 0 Å². The standard InChI is InChI=1S/C32H39NO8/c1-31(2)38-27-25(34-18-20-11-7-5-8-12-20)23(36-29(27)40-31)15-22(17-33)16-24-26(35-19-21-13-9-6-10-14-21)28-30(37-24)41-32(3,4)39-28/h5-14,22-30H,15-16,18-19H2,1-4H3/t23-,24-,25-,26-,27-,28-,29-,30-/m1/s1. The van der Waals surface area contributed by atoms with Crippen molar-refractivity contribution in [3.8, 4) is 6.07 Å². The minimum Gasteiger partial charge on any atom is -0.368 e. The second-order valence-corrected chi connectivity index (χ2v) is 12.1. The molecule has 0 N–H and O–H groups in total. The second-order valence-electron chi connectivity index (χ2n) is 12.1. The van der Waals surface area contributed by atoms with E-state index in [2.05, 4.69) is 6.07 Å². The average Bonchev–Trinajstić information content (AvgIpc) is 3.61. The van der Waals surface area contributed by atoms with Gasteiger partial charge in [0, 0.05) is 0 Å². The lowest BCUT2D eigenvalue weighted by Gasteiger charge is -2.29. The lowest BCUT2D eigenvalue weighted by Crippen LogP contribution is -2.39. The number of hydrogen-bond donors (Lipinski definition) is 0. The molecule has 2 aromatic carbocycles. The van der Waals surface area contributed by atoms with Gasteiger partial charge in [0.05, 0.1) is 37.4 Å². The van der Waals surface area contributed by atoms with Crippen molar-refractivity contribution < 1.29 is 37.9 Å². The number of nitrogens with zero attached hydrogens (tertiary/aromatic N) is 1. The molecule has 0 bridgehead atoms. The maximum Gasteiger partial charge on any atom is 0.190 e. The zero-order chi connectivity index (χ0) is 28.6. The normalized spacial score (nSPS) is 35.6. The molecule has 4 saturated heterocycles.